The van der Waals surface area contributed by atoms with E-state index >= 15 is 0 Å². The van der Waals surface area contributed by atoms with E-state index in [9.17, 15) is 0 Å². The molecule has 1 radical (unpaired) electrons. The van der Waals surface area contributed by atoms with Crippen molar-refractivity contribution in [3.05, 3.63) is 42.6 Å². The molecule has 1 aromatic carbocycles. The summed E-state index contributed by atoms with van der Waals surface area (Å²) in [6, 6.07) is 5.99. The Balaban J connectivity index is 2.45. The Morgan fingerprint density at radius 1 is 1.27 bits per heavy atom. The Hall–Kier alpha value is -1.48. The normalized spacial score (nSPS) is 10.8. The van der Waals surface area contributed by atoms with Crippen molar-refractivity contribution in [3.63, 3.8) is 0 Å². The van der Waals surface area contributed by atoms with E-state index in [1.54, 1.807) is 6.20 Å². The Kier molecular flexibility index (Phi) is 2.92. The fourth-order valence-corrected chi connectivity index (χ4v) is 1.53. The number of aromatic nitrogens is 2. The molecule has 0 aliphatic heterocycles. The highest BCUT2D eigenvalue weighted by Gasteiger charge is 2.00. The van der Waals surface area contributed by atoms with Crippen LogP contribution >= 0.6 is 0 Å². The molecule has 15 heavy (non-hydrogen) atoms. The molecule has 0 aliphatic rings. The summed E-state index contributed by atoms with van der Waals surface area (Å²) >= 11 is 0. The minimum Gasteiger partial charge on any atom is -0.390 e. The first-order chi connectivity index (χ1) is 7.33. The monoisotopic (exact) mass is 201 g/mol. The molecule has 1 heterocycles. The van der Waals surface area contributed by atoms with Gasteiger partial charge in [0.05, 0.1) is 29.5 Å². The van der Waals surface area contributed by atoms with Crippen LogP contribution in [-0.4, -0.2) is 15.1 Å². The number of hydrogen-bond donors (Lipinski definition) is 1. The molecule has 1 aromatic heterocycles. The van der Waals surface area contributed by atoms with Crippen LogP contribution in [0.25, 0.3) is 11.0 Å². The summed E-state index contributed by atoms with van der Waals surface area (Å²) in [4.78, 5) is 8.52. The van der Waals surface area contributed by atoms with Crippen LogP contribution in [-0.2, 0) is 13.0 Å². The molecule has 77 valence electrons. The van der Waals surface area contributed by atoms with Gasteiger partial charge < -0.3 is 5.11 Å². The zero-order valence-electron chi connectivity index (χ0n) is 8.48. The maximum Gasteiger partial charge on any atom is 0.0891 e. The molecule has 2 rings (SSSR count). The number of nitrogens with zero attached hydrogens (tertiary/aromatic N) is 2. The summed E-state index contributed by atoms with van der Waals surface area (Å²) in [6.45, 7) is 3.75. The first kappa shape index (κ1) is 10.1. The molecule has 1 N–H and O–H groups in total. The van der Waals surface area contributed by atoms with Crippen LogP contribution in [0.1, 0.15) is 17.7 Å². The second-order valence-electron chi connectivity index (χ2n) is 3.45. The predicted octanol–water partition coefficient (Wildman–Crippen LogP) is 1.89. The van der Waals surface area contributed by atoms with Gasteiger partial charge in [0.2, 0.25) is 0 Å². The van der Waals surface area contributed by atoms with Gasteiger partial charge in [-0.3, -0.25) is 4.98 Å². The molecule has 3 nitrogen and oxygen atoms in total. The van der Waals surface area contributed by atoms with Crippen LogP contribution in [0.2, 0.25) is 0 Å². The molecule has 2 aromatic rings. The van der Waals surface area contributed by atoms with Crippen molar-refractivity contribution in [1.29, 1.82) is 0 Å². The van der Waals surface area contributed by atoms with Gasteiger partial charge in [0.1, 0.15) is 0 Å². The molecule has 0 saturated heterocycles. The van der Waals surface area contributed by atoms with Crippen molar-refractivity contribution in [2.45, 2.75) is 19.4 Å². The average molecular weight is 201 g/mol. The minimum atomic E-state index is -0.0659. The molecule has 0 fully saturated rings. The number of aryl methyl sites for hydroxylation is 1. The second kappa shape index (κ2) is 4.36. The van der Waals surface area contributed by atoms with E-state index < -0.39 is 0 Å². The van der Waals surface area contributed by atoms with Crippen molar-refractivity contribution in [1.82, 2.24) is 9.97 Å². The largest absolute Gasteiger partial charge is 0.390 e. The Morgan fingerprint density at radius 3 is 2.87 bits per heavy atom. The molecule has 0 bridgehead atoms. The topological polar surface area (TPSA) is 46.0 Å². The first-order valence-electron chi connectivity index (χ1n) is 4.98. The molecular weight excluding hydrogens is 188 g/mol. The molecule has 3 heteroatoms. The fraction of sp³-hybridized carbons (Fsp3) is 0.250. The van der Waals surface area contributed by atoms with Gasteiger partial charge in [-0.25, -0.2) is 4.98 Å². The molecule has 0 spiro atoms. The van der Waals surface area contributed by atoms with Gasteiger partial charge in [-0.1, -0.05) is 13.0 Å². The highest BCUT2D eigenvalue weighted by atomic mass is 16.3. The van der Waals surface area contributed by atoms with E-state index in [2.05, 4.69) is 16.9 Å². The van der Waals surface area contributed by atoms with Crippen LogP contribution < -0.4 is 0 Å². The van der Waals surface area contributed by atoms with E-state index in [4.69, 9.17) is 5.11 Å². The van der Waals surface area contributed by atoms with Gasteiger partial charge >= 0.3 is 0 Å². The van der Waals surface area contributed by atoms with Crippen molar-refractivity contribution in [2.24, 2.45) is 0 Å². The summed E-state index contributed by atoms with van der Waals surface area (Å²) in [5.41, 5.74) is 3.53. The van der Waals surface area contributed by atoms with Crippen molar-refractivity contribution in [3.8, 4) is 0 Å². The lowest BCUT2D eigenvalue weighted by Gasteiger charge is -2.02. The van der Waals surface area contributed by atoms with E-state index in [1.165, 1.54) is 5.56 Å². The van der Waals surface area contributed by atoms with Gasteiger partial charge in [-0.2, -0.15) is 0 Å². The second-order valence-corrected chi connectivity index (χ2v) is 3.45. The lowest BCUT2D eigenvalue weighted by atomic mass is 10.1. The minimum absolute atomic E-state index is 0.0659. The number of aliphatic hydroxyl groups is 1. The molecule has 0 unspecified atom stereocenters. The van der Waals surface area contributed by atoms with Crippen molar-refractivity contribution >= 4 is 11.0 Å². The molecule has 0 atom stereocenters. The third-order valence-corrected chi connectivity index (χ3v) is 2.28. The summed E-state index contributed by atoms with van der Waals surface area (Å²) < 4.78 is 0. The molecular formula is C12H13N2O. The Labute approximate surface area is 88.8 Å². The van der Waals surface area contributed by atoms with Gasteiger partial charge in [0.15, 0.2) is 0 Å². The van der Waals surface area contributed by atoms with E-state index in [0.717, 1.165) is 23.9 Å². The number of aliphatic hydroxyl groups excluding tert-OH is 1. The highest BCUT2D eigenvalue weighted by Crippen LogP contribution is 2.13. The van der Waals surface area contributed by atoms with Gasteiger partial charge in [-0.05, 0) is 30.5 Å². The van der Waals surface area contributed by atoms with Gasteiger partial charge in [0.25, 0.3) is 0 Å². The maximum atomic E-state index is 8.93. The molecule has 0 saturated carbocycles. The van der Waals surface area contributed by atoms with Crippen molar-refractivity contribution in [2.75, 3.05) is 0 Å². The van der Waals surface area contributed by atoms with Crippen LogP contribution in [0, 0.1) is 6.92 Å². The summed E-state index contributed by atoms with van der Waals surface area (Å²) in [5, 5.41) is 8.93. The van der Waals surface area contributed by atoms with E-state index in [-0.39, 0.29) is 6.61 Å². The summed E-state index contributed by atoms with van der Waals surface area (Å²) in [5.74, 6) is 0. The Morgan fingerprint density at radius 2 is 2.13 bits per heavy atom. The summed E-state index contributed by atoms with van der Waals surface area (Å²) in [6.07, 6.45) is 3.45. The maximum absolute atomic E-state index is 8.93. The number of rotatable bonds is 3. The summed E-state index contributed by atoms with van der Waals surface area (Å²) in [7, 11) is 0. The van der Waals surface area contributed by atoms with Crippen LogP contribution in [0.3, 0.4) is 0 Å². The quantitative estimate of drug-likeness (QED) is 0.824. The lowest BCUT2D eigenvalue weighted by Crippen LogP contribution is -1.93. The molecule has 0 aliphatic carbocycles. The standard InChI is InChI=1S/C12H13N2O/c1-2-3-9-4-5-11-12(6-9)13-7-10(8-15)14-11/h4-7,15H,1-3,8H2. The zero-order valence-corrected chi connectivity index (χ0v) is 8.48. The predicted molar refractivity (Wildman–Crippen MR) is 59.1 cm³/mol. The third kappa shape index (κ3) is 2.13. The average Bonchev–Trinajstić information content (AvgIpc) is 2.29. The third-order valence-electron chi connectivity index (χ3n) is 2.28. The number of benzene rings is 1. The Bertz CT molecular complexity index is 468. The van der Waals surface area contributed by atoms with Crippen LogP contribution in [0.15, 0.2) is 24.4 Å². The van der Waals surface area contributed by atoms with Crippen LogP contribution in [0.5, 0.6) is 0 Å². The fourth-order valence-electron chi connectivity index (χ4n) is 1.53. The smallest absolute Gasteiger partial charge is 0.0891 e. The van der Waals surface area contributed by atoms with E-state index in [1.807, 2.05) is 18.2 Å². The first-order valence-corrected chi connectivity index (χ1v) is 4.98. The van der Waals surface area contributed by atoms with Gasteiger partial charge in [-0.15, -0.1) is 0 Å². The highest BCUT2D eigenvalue weighted by molar-refractivity contribution is 5.74. The van der Waals surface area contributed by atoms with Crippen molar-refractivity contribution < 1.29 is 5.11 Å². The number of hydrogen-bond acceptors (Lipinski definition) is 3. The number of fused-ring (bicyclic) bond motifs is 1. The van der Waals surface area contributed by atoms with E-state index in [0.29, 0.717) is 5.69 Å². The van der Waals surface area contributed by atoms with Gasteiger partial charge in [0, 0.05) is 0 Å². The van der Waals surface area contributed by atoms with Crippen LogP contribution in [0.4, 0.5) is 0 Å². The SMILES string of the molecule is [CH2]CCc1ccc2nc(CO)cnc2c1. The zero-order chi connectivity index (χ0) is 10.7. The lowest BCUT2D eigenvalue weighted by molar-refractivity contribution is 0.277. The molecule has 0 amide bonds.